The van der Waals surface area contributed by atoms with Gasteiger partial charge in [-0.05, 0) is 99.6 Å². The van der Waals surface area contributed by atoms with Gasteiger partial charge in [-0.2, -0.15) is 13.4 Å². The number of H-pyrrole nitrogens is 4. The minimum Gasteiger partial charge on any atom is -0.384 e. The number of nitrogens with zero attached hydrogens (tertiary/aromatic N) is 4. The fourth-order valence-corrected chi connectivity index (χ4v) is 7.87. The zero-order valence-electron chi connectivity index (χ0n) is 54.5. The lowest BCUT2D eigenvalue weighted by Crippen LogP contribution is -2.58. The lowest BCUT2D eigenvalue weighted by atomic mass is 9.99. The van der Waals surface area contributed by atoms with E-state index in [0.717, 1.165) is 64.0 Å². The van der Waals surface area contributed by atoms with Crippen molar-refractivity contribution in [3.63, 3.8) is 0 Å². The van der Waals surface area contributed by atoms with Gasteiger partial charge in [-0.3, -0.25) is 4.99 Å². The minimum atomic E-state index is 0. The molecule has 1 unspecified atom stereocenters. The molecule has 13 rings (SSSR count). The molecule has 13 nitrogen and oxygen atoms in total. The fourth-order valence-electron chi connectivity index (χ4n) is 7.87. The summed E-state index contributed by atoms with van der Waals surface area (Å²) in [7, 11) is 4.56. The SMILES string of the molecule is C.C1=Nc2ccccc2C1.CC.CCC1CNc2ccccc21.Cc1c[nH]c[n+]1C.Cc1cccc(C=N)c1.Cc1ccccc1C=N.Cc1cnc[nH]1.Cc1cnc[nH]1.P=S.[2H]S.[CH-]=[NH+]c1ccccc1C.[CH-]=[NH+]c1ccccc1C.c1ccc2[nH]ccc2c1. The molecule has 16 heteroatoms. The molecule has 0 spiro atoms. The quantitative estimate of drug-likeness (QED) is 0.0359. The molecule has 9 N–H and O–H groups in total. The van der Waals surface area contributed by atoms with Crippen molar-refractivity contribution in [1.82, 2.24) is 29.9 Å². The number of para-hydroxylation sites is 5. The summed E-state index contributed by atoms with van der Waals surface area (Å²) in [6, 6.07) is 58.6. The third-order valence-electron chi connectivity index (χ3n) is 13.0. The molecule has 0 saturated heterocycles. The van der Waals surface area contributed by atoms with Gasteiger partial charge in [-0.15, -0.1) is 0 Å². The summed E-state index contributed by atoms with van der Waals surface area (Å²) >= 11 is 6.67. The first-order valence-electron chi connectivity index (χ1n) is 29.5. The molecule has 2 aliphatic heterocycles. The highest BCUT2D eigenvalue weighted by atomic mass is 32.4. The van der Waals surface area contributed by atoms with Crippen molar-refractivity contribution in [1.29, 1.82) is 11.9 Å². The Hall–Kier alpha value is -9.27. The monoisotopic (exact) mass is 1260 g/mol. The number of hydrogen-bond acceptors (Lipinski definition) is 7. The normalized spacial score (nSPS) is 10.7. The van der Waals surface area contributed by atoms with E-state index in [1.807, 2.05) is 219 Å². The van der Waals surface area contributed by atoms with Gasteiger partial charge in [0.25, 0.3) is 0 Å². The van der Waals surface area contributed by atoms with Crippen LogP contribution in [-0.2, 0) is 25.3 Å². The van der Waals surface area contributed by atoms with Crippen LogP contribution in [0.3, 0.4) is 0 Å². The summed E-state index contributed by atoms with van der Waals surface area (Å²) in [4.78, 5) is 28.8. The number of benzene rings is 7. The van der Waals surface area contributed by atoms with Crippen LogP contribution in [0.15, 0.2) is 225 Å². The second-order valence-corrected chi connectivity index (χ2v) is 19.4. The van der Waals surface area contributed by atoms with Crippen LogP contribution in [0.4, 0.5) is 22.7 Å². The summed E-state index contributed by atoms with van der Waals surface area (Å²) in [5.74, 6) is 0.742. The van der Waals surface area contributed by atoms with Crippen LogP contribution in [0.5, 0.6) is 0 Å². The first-order chi connectivity index (χ1) is 43.8. The van der Waals surface area contributed by atoms with Gasteiger partial charge in [0.05, 0.1) is 37.9 Å². The van der Waals surface area contributed by atoms with Crippen LogP contribution in [0.2, 0.25) is 0 Å². The third kappa shape index (κ3) is 32.1. The average molecular weight is 1260 g/mol. The predicted molar refractivity (Wildman–Crippen MR) is 396 cm³/mol. The van der Waals surface area contributed by atoms with Crippen molar-refractivity contribution in [2.24, 2.45) is 12.0 Å². The number of aromatic nitrogens is 7. The Labute approximate surface area is 552 Å². The molecular formula is C74H97N13PS2+. The summed E-state index contributed by atoms with van der Waals surface area (Å²) in [5.41, 5.74) is 18.6. The fraction of sp³-hybridized carbons (Fsp3) is 0.216. The van der Waals surface area contributed by atoms with E-state index < -0.39 is 0 Å². The first-order valence-corrected chi connectivity index (χ1v) is 30.7. The predicted octanol–water partition coefficient (Wildman–Crippen LogP) is 15.2. The Morgan fingerprint density at radius 3 is 1.63 bits per heavy atom. The number of aryl methyl sites for hydroxylation is 8. The van der Waals surface area contributed by atoms with Crippen molar-refractivity contribution >= 4 is 99.0 Å². The number of aromatic amines is 4. The van der Waals surface area contributed by atoms with Gasteiger partial charge in [0, 0.05) is 99.1 Å². The topological polar surface area (TPSA) is 193 Å². The molecule has 2 aliphatic rings. The summed E-state index contributed by atoms with van der Waals surface area (Å²) in [5, 5.41) is 18.6. The number of nitrogens with one attached hydrogen (secondary N) is 9. The minimum absolute atomic E-state index is 0. The lowest BCUT2D eigenvalue weighted by molar-refractivity contribution is -0.676. The maximum absolute atomic E-state index is 6.96. The number of fused-ring (bicyclic) bond motifs is 3. The molecule has 0 fully saturated rings. The van der Waals surface area contributed by atoms with E-state index in [1.54, 1.807) is 25.0 Å². The molecular weight excluding hydrogens is 1170 g/mol. The largest absolute Gasteiger partial charge is 0.384 e. The van der Waals surface area contributed by atoms with E-state index in [-0.39, 0.29) is 7.43 Å². The van der Waals surface area contributed by atoms with E-state index in [9.17, 15) is 0 Å². The Balaban J connectivity index is 0.000000982. The first kappa shape index (κ1) is 78.7. The molecule has 90 heavy (non-hydrogen) atoms. The Morgan fingerprint density at radius 1 is 0.667 bits per heavy atom. The van der Waals surface area contributed by atoms with Gasteiger partial charge >= 0.3 is 0 Å². The van der Waals surface area contributed by atoms with Crippen LogP contribution >= 0.6 is 21.4 Å². The van der Waals surface area contributed by atoms with Gasteiger partial charge in [-0.1, -0.05) is 222 Å². The molecule has 11 aromatic rings. The highest BCUT2D eigenvalue weighted by Crippen LogP contribution is 2.32. The molecule has 0 saturated carbocycles. The number of aliphatic imine (C=N–C) groups is 1. The van der Waals surface area contributed by atoms with Crippen molar-refractivity contribution in [2.45, 2.75) is 95.4 Å². The molecule has 474 valence electrons. The van der Waals surface area contributed by atoms with Gasteiger partial charge in [-0.25, -0.2) is 19.5 Å². The zero-order chi connectivity index (χ0) is 66.7. The van der Waals surface area contributed by atoms with E-state index in [4.69, 9.17) is 25.4 Å². The Bertz CT molecular complexity index is 3470. The van der Waals surface area contributed by atoms with Crippen LogP contribution in [0.25, 0.3) is 10.9 Å². The molecule has 6 heterocycles. The third-order valence-corrected chi connectivity index (χ3v) is 13.0. The Morgan fingerprint density at radius 2 is 1.21 bits per heavy atom. The van der Waals surface area contributed by atoms with Crippen LogP contribution in [-0.4, -0.2) is 69.7 Å². The summed E-state index contributed by atoms with van der Waals surface area (Å²) in [6.45, 7) is 31.8. The van der Waals surface area contributed by atoms with E-state index in [2.05, 4.69) is 146 Å². The Kier molecular flexibility index (Phi) is 43.5. The van der Waals surface area contributed by atoms with Crippen molar-refractivity contribution in [2.75, 3.05) is 11.9 Å². The van der Waals surface area contributed by atoms with Gasteiger partial charge in [0.2, 0.25) is 6.33 Å². The molecule has 7 aromatic carbocycles. The maximum Gasteiger partial charge on any atom is 0.241 e. The number of rotatable bonds is 5. The average Bonchev–Trinajstić information content (AvgIpc) is 3.18. The van der Waals surface area contributed by atoms with E-state index in [1.165, 1.54) is 69.0 Å². The number of imidazole rings is 3. The summed E-state index contributed by atoms with van der Waals surface area (Å²) < 4.78 is 7.47. The highest BCUT2D eigenvalue weighted by molar-refractivity contribution is 7.88. The molecule has 0 aliphatic carbocycles. The summed E-state index contributed by atoms with van der Waals surface area (Å²) in [6.07, 6.45) is 19.6. The molecule has 0 bridgehead atoms. The van der Waals surface area contributed by atoms with Crippen molar-refractivity contribution in [3.8, 4) is 0 Å². The van der Waals surface area contributed by atoms with E-state index >= 15 is 0 Å². The number of anilines is 1. The highest BCUT2D eigenvalue weighted by Gasteiger charge is 2.18. The van der Waals surface area contributed by atoms with Gasteiger partial charge in [0.15, 0.2) is 0 Å². The second kappa shape index (κ2) is 49.7. The second-order valence-electron chi connectivity index (χ2n) is 19.4. The van der Waals surface area contributed by atoms with Crippen LogP contribution in [0, 0.1) is 59.3 Å². The van der Waals surface area contributed by atoms with Crippen molar-refractivity contribution < 1.29 is 14.6 Å². The maximum atomic E-state index is 6.96. The standard InChI is InChI=1S/C10H13N.2C8H7N.4C8H9N.C5H8N2.2C4H6N2.C2H6.CH4.HPS.H2S/c1-2-8-7-11-10-6-4-3-5-9(8)10;2*1-2-4-8-7(3-1)5-6-9-8;2*1-7-5-3-4-6-8(7)9-2;1-7-3-2-4-8(5-7)6-9;1-7-4-2-3-5-8(7)6-9;1-5-3-6-4-7(5)2;2*1-4-2-5-3-6-4;1-2;;1-2;/h3-6,8,11H,2,7H2,1H3;1-4,6H,5H2;1-6,9H;4*2-6,9H,1H3;3-4H,1-2H3;2*2-3H,1H3,(H,5,6);1-2H3;1H4;1H;1H2/p+1/i/hD. The number of hydrogen-bond donors (Lipinski definition) is 9. The smallest absolute Gasteiger partial charge is 0.241 e. The zero-order valence-corrected chi connectivity index (χ0v) is 56.2. The lowest BCUT2D eigenvalue weighted by Gasteiger charge is -2.04. The van der Waals surface area contributed by atoms with Crippen molar-refractivity contribution in [3.05, 3.63) is 281 Å². The molecule has 1 atom stereocenters. The van der Waals surface area contributed by atoms with Gasteiger partial charge in [0.1, 0.15) is 11.9 Å². The van der Waals surface area contributed by atoms with Crippen LogP contribution < -0.4 is 19.9 Å². The van der Waals surface area contributed by atoms with Gasteiger partial charge < -0.3 is 41.1 Å². The van der Waals surface area contributed by atoms with E-state index in [0.29, 0.717) is 0 Å². The molecule has 4 aromatic heterocycles. The molecule has 0 amide bonds. The molecule has 0 radical (unpaired) electrons. The van der Waals surface area contributed by atoms with Crippen LogP contribution in [0.1, 0.15) is 102 Å².